The number of fused-ring (bicyclic) bond motifs is 1. The molecule has 2 heterocycles. The van der Waals surface area contributed by atoms with Gasteiger partial charge in [-0.05, 0) is 39.5 Å². The van der Waals surface area contributed by atoms with Crippen LogP contribution in [0.2, 0.25) is 0 Å². The summed E-state index contributed by atoms with van der Waals surface area (Å²) in [7, 11) is 0. The molecule has 2 rings (SSSR count). The third-order valence-electron chi connectivity index (χ3n) is 5.23. The van der Waals surface area contributed by atoms with Gasteiger partial charge in [-0.3, -0.25) is 4.99 Å². The first-order valence-electron chi connectivity index (χ1n) is 11.2. The van der Waals surface area contributed by atoms with Crippen LogP contribution in [0.4, 0.5) is 0 Å². The number of nitrogens with one attached hydrogen (secondary N) is 2. The SMILES string of the molecule is CCCCCCC(C)NC(=NCCCc1nnc2n1CCCCC2)NCC.I. The van der Waals surface area contributed by atoms with Gasteiger partial charge in [-0.25, -0.2) is 0 Å². The minimum Gasteiger partial charge on any atom is -0.357 e. The minimum atomic E-state index is 0. The number of halogens is 1. The van der Waals surface area contributed by atoms with Crippen LogP contribution in [-0.4, -0.2) is 39.9 Å². The molecule has 1 aliphatic heterocycles. The van der Waals surface area contributed by atoms with E-state index in [4.69, 9.17) is 4.99 Å². The van der Waals surface area contributed by atoms with Crippen molar-refractivity contribution in [1.29, 1.82) is 0 Å². The molecule has 0 saturated heterocycles. The highest BCUT2D eigenvalue weighted by Gasteiger charge is 2.14. The van der Waals surface area contributed by atoms with Crippen molar-refractivity contribution in [3.8, 4) is 0 Å². The number of aliphatic imine (C=N–C) groups is 1. The quantitative estimate of drug-likeness (QED) is 0.202. The van der Waals surface area contributed by atoms with Crippen LogP contribution in [0.25, 0.3) is 0 Å². The molecule has 1 aromatic heterocycles. The molecule has 1 aromatic rings. The van der Waals surface area contributed by atoms with E-state index in [0.717, 1.165) is 50.7 Å². The maximum atomic E-state index is 4.76. The van der Waals surface area contributed by atoms with Gasteiger partial charge in [0.1, 0.15) is 11.6 Å². The third-order valence-corrected chi connectivity index (χ3v) is 5.23. The predicted molar refractivity (Wildman–Crippen MR) is 129 cm³/mol. The van der Waals surface area contributed by atoms with Crippen LogP contribution in [0.15, 0.2) is 4.99 Å². The van der Waals surface area contributed by atoms with Crippen LogP contribution in [0.5, 0.6) is 0 Å². The van der Waals surface area contributed by atoms with Crippen molar-refractivity contribution in [2.45, 2.75) is 104 Å². The van der Waals surface area contributed by atoms with Gasteiger partial charge in [-0.1, -0.05) is 39.0 Å². The van der Waals surface area contributed by atoms with E-state index < -0.39 is 0 Å². The van der Waals surface area contributed by atoms with Crippen molar-refractivity contribution < 1.29 is 0 Å². The molecule has 28 heavy (non-hydrogen) atoms. The minimum absolute atomic E-state index is 0. The van der Waals surface area contributed by atoms with Gasteiger partial charge >= 0.3 is 0 Å². The fourth-order valence-corrected chi connectivity index (χ4v) is 3.66. The lowest BCUT2D eigenvalue weighted by atomic mass is 10.1. The van der Waals surface area contributed by atoms with E-state index >= 15 is 0 Å². The van der Waals surface area contributed by atoms with Crippen molar-refractivity contribution in [2.24, 2.45) is 4.99 Å². The number of guanidine groups is 1. The summed E-state index contributed by atoms with van der Waals surface area (Å²) >= 11 is 0. The van der Waals surface area contributed by atoms with Crippen molar-refractivity contribution in [1.82, 2.24) is 25.4 Å². The van der Waals surface area contributed by atoms with Crippen LogP contribution in [0, 0.1) is 0 Å². The van der Waals surface area contributed by atoms with Crippen molar-refractivity contribution in [3.63, 3.8) is 0 Å². The molecule has 1 unspecified atom stereocenters. The maximum Gasteiger partial charge on any atom is 0.191 e. The summed E-state index contributed by atoms with van der Waals surface area (Å²) in [4.78, 5) is 4.76. The van der Waals surface area contributed by atoms with E-state index in [1.54, 1.807) is 0 Å². The van der Waals surface area contributed by atoms with Gasteiger partial charge in [0.05, 0.1) is 0 Å². The summed E-state index contributed by atoms with van der Waals surface area (Å²) < 4.78 is 2.35. The molecule has 0 radical (unpaired) electrons. The highest BCUT2D eigenvalue weighted by Crippen LogP contribution is 2.15. The van der Waals surface area contributed by atoms with Gasteiger partial charge in [0, 0.05) is 38.5 Å². The van der Waals surface area contributed by atoms with E-state index in [-0.39, 0.29) is 24.0 Å². The number of hydrogen-bond donors (Lipinski definition) is 2. The van der Waals surface area contributed by atoms with Crippen molar-refractivity contribution in [3.05, 3.63) is 11.6 Å². The molecule has 0 fully saturated rings. The lowest BCUT2D eigenvalue weighted by Gasteiger charge is -2.17. The molecule has 0 bridgehead atoms. The molecule has 0 amide bonds. The number of aromatic nitrogens is 3. The maximum absolute atomic E-state index is 4.76. The molecule has 6 nitrogen and oxygen atoms in total. The second-order valence-corrected chi connectivity index (χ2v) is 7.75. The summed E-state index contributed by atoms with van der Waals surface area (Å²) in [6, 6.07) is 0.465. The number of unbranched alkanes of at least 4 members (excludes halogenated alkanes) is 3. The fraction of sp³-hybridized carbons (Fsp3) is 0.857. The van der Waals surface area contributed by atoms with Crippen LogP contribution in [0.1, 0.15) is 90.2 Å². The van der Waals surface area contributed by atoms with E-state index in [1.165, 1.54) is 57.2 Å². The lowest BCUT2D eigenvalue weighted by molar-refractivity contribution is 0.536. The van der Waals surface area contributed by atoms with Crippen LogP contribution in [-0.2, 0) is 19.4 Å². The molecule has 0 aliphatic carbocycles. The summed E-state index contributed by atoms with van der Waals surface area (Å²) in [5.74, 6) is 3.27. The lowest BCUT2D eigenvalue weighted by Crippen LogP contribution is -2.42. The highest BCUT2D eigenvalue weighted by molar-refractivity contribution is 14.0. The van der Waals surface area contributed by atoms with Crippen LogP contribution >= 0.6 is 24.0 Å². The van der Waals surface area contributed by atoms with Gasteiger partial charge in [-0.15, -0.1) is 34.2 Å². The Hall–Kier alpha value is -0.860. The van der Waals surface area contributed by atoms with Crippen molar-refractivity contribution >= 4 is 29.9 Å². The third kappa shape index (κ3) is 9.09. The molecule has 7 heteroatoms. The van der Waals surface area contributed by atoms with Crippen LogP contribution in [0.3, 0.4) is 0 Å². The summed E-state index contributed by atoms with van der Waals surface area (Å²) in [5, 5.41) is 15.7. The predicted octanol–water partition coefficient (Wildman–Crippen LogP) is 4.47. The number of hydrogen-bond acceptors (Lipinski definition) is 3. The Morgan fingerprint density at radius 3 is 2.75 bits per heavy atom. The molecule has 2 N–H and O–H groups in total. The number of nitrogens with zero attached hydrogens (tertiary/aromatic N) is 4. The smallest absolute Gasteiger partial charge is 0.191 e. The average Bonchev–Trinajstić information content (AvgIpc) is 2.88. The Labute approximate surface area is 188 Å². The molecule has 0 saturated carbocycles. The van der Waals surface area contributed by atoms with Gasteiger partial charge < -0.3 is 15.2 Å². The van der Waals surface area contributed by atoms with E-state index in [2.05, 4.69) is 46.2 Å². The molecule has 162 valence electrons. The normalized spacial score (nSPS) is 15.3. The zero-order valence-electron chi connectivity index (χ0n) is 18.2. The molecule has 0 spiro atoms. The van der Waals surface area contributed by atoms with E-state index in [1.807, 2.05) is 0 Å². The van der Waals surface area contributed by atoms with Gasteiger partial charge in [0.15, 0.2) is 5.96 Å². The Kier molecular flexibility index (Phi) is 13.5. The molecular formula is C21H41IN6. The zero-order chi connectivity index (χ0) is 19.3. The average molecular weight is 505 g/mol. The zero-order valence-corrected chi connectivity index (χ0v) is 20.5. The second-order valence-electron chi connectivity index (χ2n) is 7.75. The largest absolute Gasteiger partial charge is 0.357 e. The summed E-state index contributed by atoms with van der Waals surface area (Å²) in [6.45, 7) is 9.43. The topological polar surface area (TPSA) is 67.1 Å². The van der Waals surface area contributed by atoms with Gasteiger partial charge in [0.25, 0.3) is 0 Å². The Balaban J connectivity index is 0.00000392. The first-order valence-corrected chi connectivity index (χ1v) is 11.2. The molecule has 0 aromatic carbocycles. The first-order chi connectivity index (χ1) is 13.2. The highest BCUT2D eigenvalue weighted by atomic mass is 127. The second kappa shape index (κ2) is 15.0. The van der Waals surface area contributed by atoms with Gasteiger partial charge in [0.2, 0.25) is 0 Å². The van der Waals surface area contributed by atoms with E-state index in [0.29, 0.717) is 6.04 Å². The van der Waals surface area contributed by atoms with Gasteiger partial charge in [-0.2, -0.15) is 0 Å². The van der Waals surface area contributed by atoms with E-state index in [9.17, 15) is 0 Å². The monoisotopic (exact) mass is 504 g/mol. The Bertz CT molecular complexity index is 557. The molecule has 1 atom stereocenters. The Morgan fingerprint density at radius 2 is 1.96 bits per heavy atom. The molecule has 1 aliphatic rings. The summed E-state index contributed by atoms with van der Waals surface area (Å²) in [6.07, 6.45) is 13.3. The number of aryl methyl sites for hydroxylation is 2. The standard InChI is InChI=1S/C21H40N6.HI/c1-4-6-7-9-13-18(3)24-21(22-5-2)23-16-12-15-20-26-25-19-14-10-8-11-17-27(19)20;/h18H,4-17H2,1-3H3,(H2,22,23,24);1H. The van der Waals surface area contributed by atoms with Crippen molar-refractivity contribution in [2.75, 3.05) is 13.1 Å². The molecular weight excluding hydrogens is 463 g/mol. The fourth-order valence-electron chi connectivity index (χ4n) is 3.66. The number of rotatable bonds is 11. The summed E-state index contributed by atoms with van der Waals surface area (Å²) in [5.41, 5.74) is 0. The van der Waals surface area contributed by atoms with Crippen LogP contribution < -0.4 is 10.6 Å². The first kappa shape index (κ1) is 25.2. The Morgan fingerprint density at radius 1 is 1.11 bits per heavy atom.